The van der Waals surface area contributed by atoms with Crippen molar-refractivity contribution in [3.63, 3.8) is 0 Å². The minimum absolute atomic E-state index is 0.0676. The molecule has 1 fully saturated rings. The third kappa shape index (κ3) is 5.93. The number of fused-ring (bicyclic) bond motifs is 1. The van der Waals surface area contributed by atoms with Crippen LogP contribution in [0.1, 0.15) is 32.3 Å². The minimum atomic E-state index is -0.0676. The van der Waals surface area contributed by atoms with Gasteiger partial charge < -0.3 is 20.3 Å². The Morgan fingerprint density at radius 3 is 2.67 bits per heavy atom. The van der Waals surface area contributed by atoms with E-state index in [9.17, 15) is 4.79 Å². The van der Waals surface area contributed by atoms with Gasteiger partial charge in [0, 0.05) is 41.8 Å². The van der Waals surface area contributed by atoms with Gasteiger partial charge in [0.2, 0.25) is 5.91 Å². The molecule has 0 unspecified atom stereocenters. The van der Waals surface area contributed by atoms with Crippen LogP contribution >= 0.6 is 0 Å². The smallest absolute Gasteiger partial charge is 0.238 e. The van der Waals surface area contributed by atoms with Crippen LogP contribution in [-0.2, 0) is 4.79 Å². The van der Waals surface area contributed by atoms with Crippen molar-refractivity contribution in [2.75, 3.05) is 50.5 Å². The van der Waals surface area contributed by atoms with E-state index in [-0.39, 0.29) is 5.91 Å². The lowest BCUT2D eigenvalue weighted by molar-refractivity contribution is -0.117. The van der Waals surface area contributed by atoms with Gasteiger partial charge in [-0.1, -0.05) is 25.8 Å². The van der Waals surface area contributed by atoms with E-state index in [2.05, 4.69) is 50.2 Å². The Kier molecular flexibility index (Phi) is 8.36. The Hall–Kier alpha value is -3.67. The Bertz CT molecular complexity index is 1240. The van der Waals surface area contributed by atoms with Crippen LogP contribution in [0.3, 0.4) is 0 Å². The first-order valence-corrected chi connectivity index (χ1v) is 12.5. The number of ether oxygens (including phenoxy) is 1. The Labute approximate surface area is 213 Å². The van der Waals surface area contributed by atoms with E-state index in [0.717, 1.165) is 55.7 Å². The maximum atomic E-state index is 13.0. The molecule has 36 heavy (non-hydrogen) atoms. The number of aromatic nitrogens is 2. The van der Waals surface area contributed by atoms with Crippen molar-refractivity contribution in [3.05, 3.63) is 48.3 Å². The van der Waals surface area contributed by atoms with Crippen molar-refractivity contribution >= 4 is 34.0 Å². The van der Waals surface area contributed by atoms with Crippen molar-refractivity contribution in [3.8, 4) is 18.1 Å². The van der Waals surface area contributed by atoms with Crippen molar-refractivity contribution in [2.45, 2.75) is 32.7 Å². The van der Waals surface area contributed by atoms with Gasteiger partial charge in [-0.2, -0.15) is 0 Å². The van der Waals surface area contributed by atoms with Crippen LogP contribution in [0.25, 0.3) is 10.9 Å². The summed E-state index contributed by atoms with van der Waals surface area (Å²) >= 11 is 0. The predicted octanol–water partition coefficient (Wildman–Crippen LogP) is 4.11. The fourth-order valence-electron chi connectivity index (χ4n) is 4.85. The summed E-state index contributed by atoms with van der Waals surface area (Å²) in [5.74, 6) is 3.74. The van der Waals surface area contributed by atoms with Gasteiger partial charge in [-0.15, -0.1) is 6.42 Å². The molecule has 2 N–H and O–H groups in total. The largest absolute Gasteiger partial charge is 0.494 e. The van der Waals surface area contributed by atoms with Crippen molar-refractivity contribution in [1.82, 2.24) is 19.8 Å². The lowest BCUT2D eigenvalue weighted by Crippen LogP contribution is -2.46. The van der Waals surface area contributed by atoms with Crippen LogP contribution in [0.15, 0.2) is 42.7 Å². The molecular formula is C28H34N6O2. The summed E-state index contributed by atoms with van der Waals surface area (Å²) in [6.45, 7) is 8.74. The fourth-order valence-corrected chi connectivity index (χ4v) is 4.85. The van der Waals surface area contributed by atoms with Crippen LogP contribution in [0.4, 0.5) is 17.2 Å². The molecule has 2 aromatic carbocycles. The molecule has 188 valence electrons. The second-order valence-electron chi connectivity index (χ2n) is 8.92. The molecular weight excluding hydrogens is 452 g/mol. The second kappa shape index (κ2) is 11.8. The Morgan fingerprint density at radius 2 is 1.97 bits per heavy atom. The van der Waals surface area contributed by atoms with Gasteiger partial charge in [-0.05, 0) is 50.2 Å². The molecule has 0 saturated carbocycles. The number of likely N-dealkylation sites (tertiary alicyclic amines) is 1. The number of benzene rings is 2. The van der Waals surface area contributed by atoms with E-state index in [1.165, 1.54) is 6.33 Å². The number of anilines is 3. The molecule has 1 aliphatic heterocycles. The summed E-state index contributed by atoms with van der Waals surface area (Å²) in [5.41, 5.74) is 2.88. The first-order valence-electron chi connectivity index (χ1n) is 12.5. The molecule has 0 spiro atoms. The van der Waals surface area contributed by atoms with Gasteiger partial charge in [-0.25, -0.2) is 9.97 Å². The Balaban J connectivity index is 1.49. The third-order valence-corrected chi connectivity index (χ3v) is 6.78. The van der Waals surface area contributed by atoms with E-state index < -0.39 is 0 Å². The molecule has 0 radical (unpaired) electrons. The standard InChI is InChI=1S/C28H34N6O2/c1-5-20-9-8-10-21(15-20)31-28-23-16-25(26(36-4)17-24(23)29-19-30-28)32-27(35)18-33-13-11-22(12-14-33)34(6-2)7-3/h1,8-10,15-17,19,22H,6-7,11-14,18H2,2-4H3,(H,32,35)(H,29,30,31). The topological polar surface area (TPSA) is 82.6 Å². The van der Waals surface area contributed by atoms with Crippen molar-refractivity contribution in [1.29, 1.82) is 0 Å². The maximum absolute atomic E-state index is 13.0. The molecule has 0 bridgehead atoms. The molecule has 0 aliphatic carbocycles. The van der Waals surface area contributed by atoms with Gasteiger partial charge in [0.05, 0.1) is 24.9 Å². The number of carbonyl (C=O) groups excluding carboxylic acids is 1. The Morgan fingerprint density at radius 1 is 1.19 bits per heavy atom. The summed E-state index contributed by atoms with van der Waals surface area (Å²) in [4.78, 5) is 26.5. The zero-order valence-corrected chi connectivity index (χ0v) is 21.3. The summed E-state index contributed by atoms with van der Waals surface area (Å²) in [6, 6.07) is 11.8. The van der Waals surface area contributed by atoms with Gasteiger partial charge in [-0.3, -0.25) is 9.69 Å². The second-order valence-corrected chi connectivity index (χ2v) is 8.92. The fraction of sp³-hybridized carbons (Fsp3) is 0.393. The highest BCUT2D eigenvalue weighted by molar-refractivity contribution is 6.00. The summed E-state index contributed by atoms with van der Waals surface area (Å²) in [7, 11) is 1.58. The lowest BCUT2D eigenvalue weighted by Gasteiger charge is -2.37. The van der Waals surface area contributed by atoms with Gasteiger partial charge in [0.15, 0.2) is 0 Å². The number of hydrogen-bond acceptors (Lipinski definition) is 7. The van der Waals surface area contributed by atoms with E-state index in [4.69, 9.17) is 11.2 Å². The third-order valence-electron chi connectivity index (χ3n) is 6.78. The summed E-state index contributed by atoms with van der Waals surface area (Å²) in [6.07, 6.45) is 9.20. The number of hydrogen-bond donors (Lipinski definition) is 2. The zero-order chi connectivity index (χ0) is 25.5. The van der Waals surface area contributed by atoms with E-state index >= 15 is 0 Å². The number of nitrogens with zero attached hydrogens (tertiary/aromatic N) is 4. The number of methoxy groups -OCH3 is 1. The quantitative estimate of drug-likeness (QED) is 0.441. The summed E-state index contributed by atoms with van der Waals surface area (Å²) < 4.78 is 5.56. The molecule has 8 nitrogen and oxygen atoms in total. The van der Waals surface area contributed by atoms with Gasteiger partial charge >= 0.3 is 0 Å². The monoisotopic (exact) mass is 486 g/mol. The number of piperidine rings is 1. The number of nitrogens with one attached hydrogen (secondary N) is 2. The number of terminal acetylenes is 1. The number of rotatable bonds is 9. The van der Waals surface area contributed by atoms with E-state index in [1.807, 2.05) is 36.4 Å². The molecule has 1 aliphatic rings. The molecule has 1 aromatic heterocycles. The molecule has 4 rings (SSSR count). The van der Waals surface area contributed by atoms with Gasteiger partial charge in [0.1, 0.15) is 17.9 Å². The molecule has 0 atom stereocenters. The van der Waals surface area contributed by atoms with Crippen LogP contribution < -0.4 is 15.4 Å². The first kappa shape index (κ1) is 25.4. The number of amides is 1. The SMILES string of the molecule is C#Cc1cccc(Nc2ncnc3cc(OC)c(NC(=O)CN4CCC(N(CC)CC)CC4)cc23)c1. The normalized spacial score (nSPS) is 14.5. The van der Waals surface area contributed by atoms with Crippen molar-refractivity contribution < 1.29 is 9.53 Å². The molecule has 1 saturated heterocycles. The zero-order valence-electron chi connectivity index (χ0n) is 21.3. The highest BCUT2D eigenvalue weighted by Crippen LogP contribution is 2.33. The average Bonchev–Trinajstić information content (AvgIpc) is 2.90. The lowest BCUT2D eigenvalue weighted by atomic mass is 10.0. The molecule has 3 aromatic rings. The first-order chi connectivity index (χ1) is 17.5. The number of carbonyl (C=O) groups is 1. The van der Waals surface area contributed by atoms with E-state index in [0.29, 0.717) is 35.4 Å². The van der Waals surface area contributed by atoms with Crippen LogP contribution in [0, 0.1) is 12.3 Å². The molecule has 8 heteroatoms. The van der Waals surface area contributed by atoms with Gasteiger partial charge in [0.25, 0.3) is 0 Å². The van der Waals surface area contributed by atoms with E-state index in [1.54, 1.807) is 7.11 Å². The van der Waals surface area contributed by atoms with Crippen LogP contribution in [0.2, 0.25) is 0 Å². The highest BCUT2D eigenvalue weighted by atomic mass is 16.5. The van der Waals surface area contributed by atoms with Crippen LogP contribution in [0.5, 0.6) is 5.75 Å². The maximum Gasteiger partial charge on any atom is 0.238 e. The van der Waals surface area contributed by atoms with Crippen LogP contribution in [-0.4, -0.2) is 71.6 Å². The highest BCUT2D eigenvalue weighted by Gasteiger charge is 2.24. The predicted molar refractivity (Wildman–Crippen MR) is 145 cm³/mol. The van der Waals surface area contributed by atoms with Crippen molar-refractivity contribution in [2.24, 2.45) is 0 Å². The minimum Gasteiger partial charge on any atom is -0.494 e. The molecule has 2 heterocycles. The molecule has 1 amide bonds. The summed E-state index contributed by atoms with van der Waals surface area (Å²) in [5, 5.41) is 7.12. The average molecular weight is 487 g/mol.